The molecule has 6 nitrogen and oxygen atoms in total. The van der Waals surface area contributed by atoms with Crippen molar-refractivity contribution in [2.75, 3.05) is 12.3 Å². The molecule has 0 spiro atoms. The normalized spacial score (nSPS) is 21.1. The van der Waals surface area contributed by atoms with Crippen LogP contribution < -0.4 is 0 Å². The van der Waals surface area contributed by atoms with E-state index in [2.05, 4.69) is 10.2 Å². The van der Waals surface area contributed by atoms with Gasteiger partial charge in [0, 0.05) is 37.2 Å². The zero-order valence-electron chi connectivity index (χ0n) is 8.97. The minimum absolute atomic E-state index is 0.0843. The Hall–Kier alpha value is -1.44. The smallest absolute Gasteiger partial charge is 0.302 e. The lowest BCUT2D eigenvalue weighted by atomic mass is 10.1. The third kappa shape index (κ3) is 3.26. The number of rotatable bonds is 4. The third-order valence-electron chi connectivity index (χ3n) is 2.66. The summed E-state index contributed by atoms with van der Waals surface area (Å²) in [4.78, 5) is 13.1. The summed E-state index contributed by atoms with van der Waals surface area (Å²) in [6.07, 6.45) is 3.33. The van der Waals surface area contributed by atoms with Gasteiger partial charge in [0.05, 0.1) is 11.9 Å². The van der Waals surface area contributed by atoms with Gasteiger partial charge in [-0.15, -0.1) is 3.89 Å². The number of hydrogen-bond acceptors (Lipinski definition) is 4. The van der Waals surface area contributed by atoms with Crippen molar-refractivity contribution < 1.29 is 17.1 Å². The first-order valence-electron chi connectivity index (χ1n) is 5.12. The maximum Gasteiger partial charge on any atom is 0.302 e. The van der Waals surface area contributed by atoms with Crippen molar-refractivity contribution in [3.05, 3.63) is 18.0 Å². The van der Waals surface area contributed by atoms with Crippen LogP contribution in [0.2, 0.25) is 0 Å². The number of nitrogens with zero attached hydrogens (tertiary/aromatic N) is 2. The minimum Gasteiger partial charge on any atom is -0.338 e. The SMILES string of the molecule is O=C1CC(CS(=O)(=O)F)CN1Cc1cn[nH]c1. The molecule has 2 rings (SSSR count). The lowest BCUT2D eigenvalue weighted by Gasteiger charge is -2.14. The second-order valence-electron chi connectivity index (χ2n) is 4.16. The standard InChI is InChI=1S/C9H12FN3O3S/c10-17(15,16)6-7-1-9(14)13(4-7)5-8-2-11-12-3-8/h2-3,7H,1,4-6H2,(H,11,12). The van der Waals surface area contributed by atoms with Crippen LogP contribution in [0.3, 0.4) is 0 Å². The summed E-state index contributed by atoms with van der Waals surface area (Å²) >= 11 is 0. The quantitative estimate of drug-likeness (QED) is 0.777. The van der Waals surface area contributed by atoms with Gasteiger partial charge in [-0.1, -0.05) is 0 Å². The Labute approximate surface area is 98.0 Å². The molecule has 1 N–H and O–H groups in total. The predicted molar refractivity (Wildman–Crippen MR) is 57.0 cm³/mol. The van der Waals surface area contributed by atoms with E-state index in [1.165, 1.54) is 4.90 Å². The van der Waals surface area contributed by atoms with E-state index in [0.29, 0.717) is 6.54 Å². The van der Waals surface area contributed by atoms with Crippen LogP contribution in [0.15, 0.2) is 12.4 Å². The predicted octanol–water partition coefficient (Wildman–Crippen LogP) is 0.0575. The summed E-state index contributed by atoms with van der Waals surface area (Å²) in [6.45, 7) is 0.644. The number of carbonyl (C=O) groups is 1. The summed E-state index contributed by atoms with van der Waals surface area (Å²) in [7, 11) is -4.51. The van der Waals surface area contributed by atoms with Crippen molar-refractivity contribution in [2.45, 2.75) is 13.0 Å². The summed E-state index contributed by atoms with van der Waals surface area (Å²) in [6, 6.07) is 0. The fourth-order valence-electron chi connectivity index (χ4n) is 1.98. The molecular formula is C9H12FN3O3S. The molecule has 1 aromatic heterocycles. The molecule has 1 amide bonds. The third-order valence-corrected chi connectivity index (χ3v) is 3.53. The number of nitrogens with one attached hydrogen (secondary N) is 1. The summed E-state index contributed by atoms with van der Waals surface area (Å²) in [5, 5.41) is 6.37. The van der Waals surface area contributed by atoms with E-state index >= 15 is 0 Å². The van der Waals surface area contributed by atoms with Gasteiger partial charge in [0.2, 0.25) is 5.91 Å². The summed E-state index contributed by atoms with van der Waals surface area (Å²) in [5.41, 5.74) is 0.835. The largest absolute Gasteiger partial charge is 0.338 e. The van der Waals surface area contributed by atoms with Gasteiger partial charge in [0.25, 0.3) is 0 Å². The number of aromatic amines is 1. The Morgan fingerprint density at radius 3 is 2.94 bits per heavy atom. The Balaban J connectivity index is 1.96. The molecular weight excluding hydrogens is 249 g/mol. The molecule has 8 heteroatoms. The number of aromatic nitrogens is 2. The van der Waals surface area contributed by atoms with Gasteiger partial charge in [-0.3, -0.25) is 9.89 Å². The van der Waals surface area contributed by atoms with Crippen molar-refractivity contribution >= 4 is 16.1 Å². The highest BCUT2D eigenvalue weighted by atomic mass is 32.3. The Morgan fingerprint density at radius 2 is 2.35 bits per heavy atom. The van der Waals surface area contributed by atoms with Crippen LogP contribution in [0.1, 0.15) is 12.0 Å². The van der Waals surface area contributed by atoms with Crippen molar-refractivity contribution in [2.24, 2.45) is 5.92 Å². The van der Waals surface area contributed by atoms with Crippen molar-refractivity contribution in [3.8, 4) is 0 Å². The number of amides is 1. The molecule has 0 aromatic carbocycles. The molecule has 1 aliphatic heterocycles. The second kappa shape index (κ2) is 4.44. The molecule has 1 atom stereocenters. The highest BCUT2D eigenvalue weighted by molar-refractivity contribution is 7.86. The Bertz CT molecular complexity index is 500. The van der Waals surface area contributed by atoms with E-state index in [9.17, 15) is 17.1 Å². The zero-order chi connectivity index (χ0) is 12.5. The van der Waals surface area contributed by atoms with Gasteiger partial charge in [-0.2, -0.15) is 13.5 Å². The molecule has 1 aromatic rings. The number of carbonyl (C=O) groups excluding carboxylic acids is 1. The molecule has 2 heterocycles. The zero-order valence-corrected chi connectivity index (χ0v) is 9.78. The molecule has 1 saturated heterocycles. The molecule has 0 aliphatic carbocycles. The number of halogens is 1. The second-order valence-corrected chi connectivity index (χ2v) is 5.57. The molecule has 1 fully saturated rings. The number of H-pyrrole nitrogens is 1. The molecule has 17 heavy (non-hydrogen) atoms. The Kier molecular flexibility index (Phi) is 3.14. The summed E-state index contributed by atoms with van der Waals surface area (Å²) in [5.74, 6) is -1.19. The van der Waals surface area contributed by atoms with Gasteiger partial charge < -0.3 is 4.90 Å². The first kappa shape index (κ1) is 12.0. The monoisotopic (exact) mass is 261 g/mol. The molecule has 94 valence electrons. The Morgan fingerprint density at radius 1 is 1.59 bits per heavy atom. The lowest BCUT2D eigenvalue weighted by Crippen LogP contribution is -2.25. The van der Waals surface area contributed by atoms with Gasteiger partial charge in [0.1, 0.15) is 0 Å². The van der Waals surface area contributed by atoms with Crippen LogP contribution in [-0.4, -0.2) is 41.7 Å². The van der Waals surface area contributed by atoms with Crippen LogP contribution in [-0.2, 0) is 21.6 Å². The first-order chi connectivity index (χ1) is 7.94. The lowest BCUT2D eigenvalue weighted by molar-refractivity contribution is -0.128. The molecule has 0 bridgehead atoms. The van der Waals surface area contributed by atoms with Crippen molar-refractivity contribution in [1.29, 1.82) is 0 Å². The van der Waals surface area contributed by atoms with E-state index in [1.54, 1.807) is 12.4 Å². The van der Waals surface area contributed by atoms with Gasteiger partial charge >= 0.3 is 10.2 Å². The number of hydrogen-bond donors (Lipinski definition) is 1. The van der Waals surface area contributed by atoms with Crippen LogP contribution >= 0.6 is 0 Å². The fraction of sp³-hybridized carbons (Fsp3) is 0.556. The topological polar surface area (TPSA) is 83.1 Å². The number of likely N-dealkylation sites (tertiary alicyclic amines) is 1. The van der Waals surface area contributed by atoms with Crippen molar-refractivity contribution in [1.82, 2.24) is 15.1 Å². The van der Waals surface area contributed by atoms with E-state index in [-0.39, 0.29) is 18.9 Å². The molecule has 0 saturated carbocycles. The van der Waals surface area contributed by atoms with E-state index in [4.69, 9.17) is 0 Å². The van der Waals surface area contributed by atoms with E-state index in [0.717, 1.165) is 5.56 Å². The highest BCUT2D eigenvalue weighted by Crippen LogP contribution is 2.21. The average molecular weight is 261 g/mol. The van der Waals surface area contributed by atoms with Crippen molar-refractivity contribution in [3.63, 3.8) is 0 Å². The maximum absolute atomic E-state index is 12.5. The van der Waals surface area contributed by atoms with Gasteiger partial charge in [-0.05, 0) is 0 Å². The highest BCUT2D eigenvalue weighted by Gasteiger charge is 2.32. The molecule has 1 aliphatic rings. The van der Waals surface area contributed by atoms with E-state index in [1.807, 2.05) is 0 Å². The van der Waals surface area contributed by atoms with Crippen LogP contribution in [0.4, 0.5) is 3.89 Å². The van der Waals surface area contributed by atoms with Crippen LogP contribution in [0.5, 0.6) is 0 Å². The minimum atomic E-state index is -4.51. The van der Waals surface area contributed by atoms with Crippen LogP contribution in [0.25, 0.3) is 0 Å². The first-order valence-corrected chi connectivity index (χ1v) is 6.67. The fourth-order valence-corrected chi connectivity index (χ4v) is 2.77. The molecule has 1 unspecified atom stereocenters. The average Bonchev–Trinajstić information content (AvgIpc) is 2.75. The summed E-state index contributed by atoms with van der Waals surface area (Å²) < 4.78 is 33.5. The van der Waals surface area contributed by atoms with Gasteiger partial charge in [-0.25, -0.2) is 0 Å². The molecule has 0 radical (unpaired) electrons. The maximum atomic E-state index is 12.5. The van der Waals surface area contributed by atoms with E-state index < -0.39 is 21.9 Å². The van der Waals surface area contributed by atoms with Crippen LogP contribution in [0, 0.1) is 5.92 Å². The van der Waals surface area contributed by atoms with Gasteiger partial charge in [0.15, 0.2) is 0 Å².